The Morgan fingerprint density at radius 3 is 2.67 bits per heavy atom. The largest absolute Gasteiger partial charge is 0.497 e. The molecule has 0 unspecified atom stereocenters. The lowest BCUT2D eigenvalue weighted by molar-refractivity contribution is -0.139. The van der Waals surface area contributed by atoms with E-state index in [1.807, 2.05) is 39.8 Å². The first-order valence-corrected chi connectivity index (χ1v) is 9.83. The minimum absolute atomic E-state index is 0.0219. The molecule has 1 saturated heterocycles. The van der Waals surface area contributed by atoms with Gasteiger partial charge < -0.3 is 19.5 Å². The molecule has 0 amide bonds. The Morgan fingerprint density at radius 1 is 1.23 bits per heavy atom. The molecule has 30 heavy (non-hydrogen) atoms. The second-order valence-electron chi connectivity index (χ2n) is 7.67. The topological polar surface area (TPSA) is 109 Å². The maximum atomic E-state index is 12.7. The Balaban J connectivity index is 0.000000806. The van der Waals surface area contributed by atoms with Crippen molar-refractivity contribution >= 4 is 12.4 Å². The number of carboxylic acids is 1. The molecule has 0 spiro atoms. The number of benzene rings is 1. The van der Waals surface area contributed by atoms with E-state index in [2.05, 4.69) is 6.07 Å². The number of fused-ring (bicyclic) bond motifs is 4. The number of piperidine rings is 1. The number of aliphatic carboxylic acids is 1. The Hall–Kier alpha value is -3.13. The minimum atomic E-state index is -0.801. The molecule has 2 aromatic rings. The first kappa shape index (κ1) is 21.6. The van der Waals surface area contributed by atoms with Gasteiger partial charge in [-0.25, -0.2) is 0 Å². The van der Waals surface area contributed by atoms with Gasteiger partial charge in [-0.3, -0.25) is 19.3 Å². The van der Waals surface area contributed by atoms with E-state index in [4.69, 9.17) is 14.6 Å². The number of hydrogen-bond acceptors (Lipinski definition) is 5. The SMILES string of the molecule is COc1cccc(C[C@H]2[C@H]3C[C@H](CN(CC(=O)O)C3)c3cccc(=O)n32)c1.O=CO. The van der Waals surface area contributed by atoms with Crippen LogP contribution in [-0.4, -0.2) is 58.9 Å². The zero-order valence-electron chi connectivity index (χ0n) is 16.8. The number of hydrogen-bond donors (Lipinski definition) is 2. The lowest BCUT2D eigenvalue weighted by Gasteiger charge is -2.46. The third-order valence-corrected chi connectivity index (χ3v) is 5.81. The summed E-state index contributed by atoms with van der Waals surface area (Å²) in [6.07, 6.45) is 1.72. The number of pyridine rings is 1. The summed E-state index contributed by atoms with van der Waals surface area (Å²) in [6, 6.07) is 13.4. The van der Waals surface area contributed by atoms with Crippen LogP contribution < -0.4 is 10.3 Å². The van der Waals surface area contributed by atoms with Crippen LogP contribution in [0.4, 0.5) is 0 Å². The van der Waals surface area contributed by atoms with E-state index in [0.717, 1.165) is 29.8 Å². The Kier molecular flexibility index (Phi) is 6.89. The number of rotatable bonds is 5. The van der Waals surface area contributed by atoms with Crippen LogP contribution in [0.15, 0.2) is 47.3 Å². The van der Waals surface area contributed by atoms with Crippen LogP contribution in [0.25, 0.3) is 0 Å². The lowest BCUT2D eigenvalue weighted by atomic mass is 9.76. The molecule has 3 atom stereocenters. The number of aromatic nitrogens is 1. The number of ether oxygens (including phenoxy) is 1. The average Bonchev–Trinajstić information content (AvgIpc) is 2.71. The van der Waals surface area contributed by atoms with E-state index in [0.29, 0.717) is 13.1 Å². The quantitative estimate of drug-likeness (QED) is 0.719. The van der Waals surface area contributed by atoms with Crippen molar-refractivity contribution in [3.8, 4) is 5.75 Å². The fourth-order valence-corrected chi connectivity index (χ4v) is 4.76. The molecule has 8 heteroatoms. The van der Waals surface area contributed by atoms with Gasteiger partial charge in [0.05, 0.1) is 13.7 Å². The van der Waals surface area contributed by atoms with E-state index in [-0.39, 0.29) is 36.5 Å². The van der Waals surface area contributed by atoms with Crippen LogP contribution >= 0.6 is 0 Å². The van der Waals surface area contributed by atoms with Gasteiger partial charge in [0, 0.05) is 36.8 Å². The zero-order chi connectivity index (χ0) is 21.7. The molecule has 1 aromatic carbocycles. The smallest absolute Gasteiger partial charge is 0.317 e. The van der Waals surface area contributed by atoms with E-state index in [1.165, 1.54) is 0 Å². The maximum Gasteiger partial charge on any atom is 0.317 e. The molecular weight excluding hydrogens is 388 g/mol. The monoisotopic (exact) mass is 414 g/mol. The highest BCUT2D eigenvalue weighted by Gasteiger charge is 2.40. The highest BCUT2D eigenvalue weighted by atomic mass is 16.5. The molecule has 1 fully saturated rings. The van der Waals surface area contributed by atoms with E-state index in [1.54, 1.807) is 13.2 Å². The Morgan fingerprint density at radius 2 is 1.97 bits per heavy atom. The van der Waals surface area contributed by atoms with Gasteiger partial charge in [0.1, 0.15) is 5.75 Å². The molecule has 2 aliphatic heterocycles. The van der Waals surface area contributed by atoms with Gasteiger partial charge in [0.2, 0.25) is 0 Å². The summed E-state index contributed by atoms with van der Waals surface area (Å²) in [6.45, 7) is 1.20. The first-order chi connectivity index (χ1) is 14.5. The fourth-order valence-electron chi connectivity index (χ4n) is 4.76. The standard InChI is InChI=1S/C21H24N2O4.CH2O2/c1-27-17-5-2-4-14(8-17)9-19-16-10-15(11-22(12-16)13-21(25)26)18-6-3-7-20(24)23(18)19;2-1-3/h2-8,15-16,19H,9-13H2,1H3,(H,25,26);1H,(H,2,3)/t15-,16+,19+;/m1./s1. The van der Waals surface area contributed by atoms with Crippen molar-refractivity contribution in [3.05, 3.63) is 64.1 Å². The molecule has 0 radical (unpaired) electrons. The third-order valence-electron chi connectivity index (χ3n) is 5.81. The summed E-state index contributed by atoms with van der Waals surface area (Å²) in [7, 11) is 1.65. The van der Waals surface area contributed by atoms with Crippen molar-refractivity contribution in [2.75, 3.05) is 26.7 Å². The summed E-state index contributed by atoms with van der Waals surface area (Å²) in [5, 5.41) is 16.1. The molecular formula is C22H26N2O6. The van der Waals surface area contributed by atoms with Gasteiger partial charge >= 0.3 is 5.97 Å². The molecule has 2 N–H and O–H groups in total. The van der Waals surface area contributed by atoms with Gasteiger partial charge in [0.25, 0.3) is 12.0 Å². The number of methoxy groups -OCH3 is 1. The van der Waals surface area contributed by atoms with Crippen LogP contribution in [0.3, 0.4) is 0 Å². The van der Waals surface area contributed by atoms with Crippen LogP contribution in [-0.2, 0) is 16.0 Å². The third kappa shape index (κ3) is 4.71. The average molecular weight is 414 g/mol. The molecule has 0 saturated carbocycles. The van der Waals surface area contributed by atoms with Gasteiger partial charge in [-0.05, 0) is 42.5 Å². The minimum Gasteiger partial charge on any atom is -0.497 e. The molecule has 0 aliphatic carbocycles. The van der Waals surface area contributed by atoms with Gasteiger partial charge in [-0.2, -0.15) is 0 Å². The van der Waals surface area contributed by atoms with Crippen LogP contribution in [0, 0.1) is 5.92 Å². The van der Waals surface area contributed by atoms with Crippen molar-refractivity contribution < 1.29 is 24.5 Å². The number of likely N-dealkylation sites (tertiary alicyclic amines) is 1. The molecule has 160 valence electrons. The van der Waals surface area contributed by atoms with Gasteiger partial charge in [0.15, 0.2) is 0 Å². The highest BCUT2D eigenvalue weighted by molar-refractivity contribution is 5.69. The zero-order valence-corrected chi connectivity index (χ0v) is 16.8. The van der Waals surface area contributed by atoms with Crippen molar-refractivity contribution in [1.29, 1.82) is 0 Å². The van der Waals surface area contributed by atoms with Crippen LogP contribution in [0.2, 0.25) is 0 Å². The second kappa shape index (κ2) is 9.58. The van der Waals surface area contributed by atoms with Crippen LogP contribution in [0.1, 0.15) is 29.6 Å². The van der Waals surface area contributed by atoms with E-state index < -0.39 is 5.97 Å². The van der Waals surface area contributed by atoms with Crippen LogP contribution in [0.5, 0.6) is 5.75 Å². The summed E-state index contributed by atoms with van der Waals surface area (Å²) < 4.78 is 7.29. The Labute approximate surface area is 174 Å². The predicted molar refractivity (Wildman–Crippen MR) is 110 cm³/mol. The summed E-state index contributed by atoms with van der Waals surface area (Å²) >= 11 is 0. The molecule has 2 aliphatic rings. The number of carbonyl (C=O) groups is 2. The predicted octanol–water partition coefficient (Wildman–Crippen LogP) is 1.85. The fraction of sp³-hybridized carbons (Fsp3) is 0.409. The number of nitrogens with zero attached hydrogens (tertiary/aromatic N) is 2. The van der Waals surface area contributed by atoms with E-state index in [9.17, 15) is 14.7 Å². The summed E-state index contributed by atoms with van der Waals surface area (Å²) in [4.78, 5) is 34.3. The summed E-state index contributed by atoms with van der Waals surface area (Å²) in [5.74, 6) is 0.461. The number of carboxylic acid groups (broad SMARTS) is 2. The van der Waals surface area contributed by atoms with Crippen molar-refractivity contribution in [3.63, 3.8) is 0 Å². The first-order valence-electron chi connectivity index (χ1n) is 9.83. The van der Waals surface area contributed by atoms with E-state index >= 15 is 0 Å². The molecule has 2 bridgehead atoms. The molecule has 1 aromatic heterocycles. The summed E-state index contributed by atoms with van der Waals surface area (Å²) in [5.41, 5.74) is 2.18. The lowest BCUT2D eigenvalue weighted by Crippen LogP contribution is -2.50. The van der Waals surface area contributed by atoms with Gasteiger partial charge in [-0.15, -0.1) is 0 Å². The highest BCUT2D eigenvalue weighted by Crippen LogP contribution is 2.42. The Bertz CT molecular complexity index is 957. The molecule has 4 rings (SSSR count). The molecule has 8 nitrogen and oxygen atoms in total. The van der Waals surface area contributed by atoms with Crippen molar-refractivity contribution in [1.82, 2.24) is 9.47 Å². The normalized spacial score (nSPS) is 22.2. The van der Waals surface area contributed by atoms with Crippen molar-refractivity contribution in [2.24, 2.45) is 5.92 Å². The molecule has 3 heterocycles. The second-order valence-corrected chi connectivity index (χ2v) is 7.67. The van der Waals surface area contributed by atoms with Gasteiger partial charge in [-0.1, -0.05) is 18.2 Å². The van der Waals surface area contributed by atoms with Crippen molar-refractivity contribution in [2.45, 2.75) is 24.8 Å². The maximum absolute atomic E-state index is 12.7.